The number of carbonyl (C=O) groups excluding carboxylic acids is 2. The Morgan fingerprint density at radius 3 is 2.79 bits per heavy atom. The SMILES string of the molecule is Cc1onc(-c2ccccc2Cl)c1C(=O)OCC(=O)N1CCC[C@@H]2CCCC[C@H]21. The van der Waals surface area contributed by atoms with Crippen LogP contribution in [0.25, 0.3) is 11.3 Å². The number of amides is 1. The van der Waals surface area contributed by atoms with E-state index >= 15 is 0 Å². The minimum absolute atomic E-state index is 0.122. The molecule has 154 valence electrons. The first-order valence-electron chi connectivity index (χ1n) is 10.2. The molecule has 2 aliphatic rings. The minimum atomic E-state index is -0.621. The lowest BCUT2D eigenvalue weighted by Gasteiger charge is -2.44. The Balaban J connectivity index is 1.46. The number of aryl methyl sites for hydroxylation is 1. The van der Waals surface area contributed by atoms with Gasteiger partial charge in [0, 0.05) is 18.2 Å². The first-order valence-corrected chi connectivity index (χ1v) is 10.6. The van der Waals surface area contributed by atoms with E-state index < -0.39 is 5.97 Å². The van der Waals surface area contributed by atoms with Crippen LogP contribution in [0.5, 0.6) is 0 Å². The molecule has 0 radical (unpaired) electrons. The van der Waals surface area contributed by atoms with Crippen molar-refractivity contribution in [2.75, 3.05) is 13.2 Å². The van der Waals surface area contributed by atoms with Crippen LogP contribution in [0.2, 0.25) is 5.02 Å². The maximum Gasteiger partial charge on any atom is 0.344 e. The first kappa shape index (κ1) is 20.0. The second-order valence-electron chi connectivity index (χ2n) is 7.86. The predicted molar refractivity (Wildman–Crippen MR) is 109 cm³/mol. The van der Waals surface area contributed by atoms with Crippen LogP contribution in [-0.2, 0) is 9.53 Å². The highest BCUT2D eigenvalue weighted by Gasteiger charge is 2.36. The van der Waals surface area contributed by atoms with Gasteiger partial charge in [0.1, 0.15) is 17.0 Å². The maximum atomic E-state index is 12.8. The van der Waals surface area contributed by atoms with Crippen molar-refractivity contribution in [3.63, 3.8) is 0 Å². The molecular formula is C22H25ClN2O4. The number of ether oxygens (including phenoxy) is 1. The zero-order chi connectivity index (χ0) is 20.4. The Kier molecular flexibility index (Phi) is 5.90. The molecule has 4 rings (SSSR count). The molecule has 1 saturated carbocycles. The number of hydrogen-bond donors (Lipinski definition) is 0. The van der Waals surface area contributed by atoms with Crippen LogP contribution in [0.1, 0.15) is 54.6 Å². The molecule has 1 amide bonds. The lowest BCUT2D eigenvalue weighted by molar-refractivity contribution is -0.140. The van der Waals surface area contributed by atoms with Gasteiger partial charge in [0.15, 0.2) is 6.61 Å². The molecule has 1 aliphatic carbocycles. The van der Waals surface area contributed by atoms with Crippen LogP contribution in [0.4, 0.5) is 0 Å². The summed E-state index contributed by atoms with van der Waals surface area (Å²) < 4.78 is 10.6. The molecule has 0 spiro atoms. The quantitative estimate of drug-likeness (QED) is 0.679. The van der Waals surface area contributed by atoms with E-state index in [4.69, 9.17) is 20.9 Å². The molecule has 2 atom stereocenters. The molecule has 1 aromatic carbocycles. The third-order valence-corrected chi connectivity index (χ3v) is 6.42. The summed E-state index contributed by atoms with van der Waals surface area (Å²) in [6.45, 7) is 2.12. The van der Waals surface area contributed by atoms with Crippen molar-refractivity contribution in [3.8, 4) is 11.3 Å². The van der Waals surface area contributed by atoms with Crippen molar-refractivity contribution in [3.05, 3.63) is 40.6 Å². The van der Waals surface area contributed by atoms with Crippen LogP contribution in [0, 0.1) is 12.8 Å². The summed E-state index contributed by atoms with van der Waals surface area (Å²) >= 11 is 6.24. The fraction of sp³-hybridized carbons (Fsp3) is 0.500. The highest BCUT2D eigenvalue weighted by molar-refractivity contribution is 6.33. The van der Waals surface area contributed by atoms with Gasteiger partial charge in [-0.05, 0) is 44.6 Å². The Morgan fingerprint density at radius 2 is 1.97 bits per heavy atom. The van der Waals surface area contributed by atoms with Crippen molar-refractivity contribution >= 4 is 23.5 Å². The van der Waals surface area contributed by atoms with Crippen LogP contribution in [0.3, 0.4) is 0 Å². The standard InChI is InChI=1S/C22H25ClN2O4/c1-14-20(21(24-29-14)16-9-3-4-10-17(16)23)22(27)28-13-19(26)25-12-6-8-15-7-2-5-11-18(15)25/h3-4,9-10,15,18H,2,5-8,11-13H2,1H3/t15-,18+/m0/s1. The van der Waals surface area contributed by atoms with Crippen LogP contribution in [0.15, 0.2) is 28.8 Å². The van der Waals surface area contributed by atoms with Crippen molar-refractivity contribution < 1.29 is 18.8 Å². The molecular weight excluding hydrogens is 392 g/mol. The van der Waals surface area contributed by atoms with E-state index in [1.807, 2.05) is 4.90 Å². The average Bonchev–Trinajstić information content (AvgIpc) is 3.13. The topological polar surface area (TPSA) is 72.6 Å². The number of esters is 1. The van der Waals surface area contributed by atoms with E-state index in [2.05, 4.69) is 5.16 Å². The number of likely N-dealkylation sites (tertiary alicyclic amines) is 1. The summed E-state index contributed by atoms with van der Waals surface area (Å²) in [6, 6.07) is 7.38. The summed E-state index contributed by atoms with van der Waals surface area (Å²) in [5.41, 5.74) is 1.13. The van der Waals surface area contributed by atoms with Gasteiger partial charge in [-0.1, -0.05) is 47.8 Å². The number of aromatic nitrogens is 1. The van der Waals surface area contributed by atoms with E-state index in [9.17, 15) is 9.59 Å². The second kappa shape index (κ2) is 8.57. The Labute approximate surface area is 175 Å². The van der Waals surface area contributed by atoms with Gasteiger partial charge in [0.05, 0.1) is 5.02 Å². The normalized spacial score (nSPS) is 21.5. The third-order valence-electron chi connectivity index (χ3n) is 6.09. The molecule has 29 heavy (non-hydrogen) atoms. The number of benzene rings is 1. The Morgan fingerprint density at radius 1 is 1.21 bits per heavy atom. The molecule has 2 aromatic rings. The summed E-state index contributed by atoms with van der Waals surface area (Å²) in [4.78, 5) is 27.5. The van der Waals surface area contributed by atoms with E-state index in [0.29, 0.717) is 34.0 Å². The molecule has 7 heteroatoms. The van der Waals surface area contributed by atoms with Gasteiger partial charge < -0.3 is 14.2 Å². The van der Waals surface area contributed by atoms with Gasteiger partial charge in [0.25, 0.3) is 5.91 Å². The smallest absolute Gasteiger partial charge is 0.344 e. The average molecular weight is 417 g/mol. The van der Waals surface area contributed by atoms with Crippen molar-refractivity contribution in [2.45, 2.75) is 51.5 Å². The number of rotatable bonds is 4. The first-order chi connectivity index (χ1) is 14.1. The Bertz CT molecular complexity index is 908. The predicted octanol–water partition coefficient (Wildman–Crippen LogP) is 4.64. The number of nitrogens with zero attached hydrogens (tertiary/aromatic N) is 2. The maximum absolute atomic E-state index is 12.8. The summed E-state index contributed by atoms with van der Waals surface area (Å²) in [5.74, 6) is 0.180. The third kappa shape index (κ3) is 4.04. The molecule has 1 saturated heterocycles. The van der Waals surface area contributed by atoms with Gasteiger partial charge >= 0.3 is 5.97 Å². The van der Waals surface area contributed by atoms with Gasteiger partial charge in [-0.15, -0.1) is 0 Å². The van der Waals surface area contributed by atoms with Crippen molar-refractivity contribution in [2.24, 2.45) is 5.92 Å². The molecule has 1 aliphatic heterocycles. The Hall–Kier alpha value is -2.34. The van der Waals surface area contributed by atoms with E-state index in [1.54, 1.807) is 31.2 Å². The molecule has 2 fully saturated rings. The van der Waals surface area contributed by atoms with Crippen molar-refractivity contribution in [1.82, 2.24) is 10.1 Å². The molecule has 2 heterocycles. The zero-order valence-corrected chi connectivity index (χ0v) is 17.3. The van der Waals surface area contributed by atoms with Gasteiger partial charge in [-0.3, -0.25) is 4.79 Å². The summed E-state index contributed by atoms with van der Waals surface area (Å²) in [6.07, 6.45) is 6.85. The monoisotopic (exact) mass is 416 g/mol. The zero-order valence-electron chi connectivity index (χ0n) is 16.5. The largest absolute Gasteiger partial charge is 0.452 e. The van der Waals surface area contributed by atoms with Gasteiger partial charge in [0.2, 0.25) is 0 Å². The molecule has 1 aromatic heterocycles. The number of fused-ring (bicyclic) bond motifs is 1. The summed E-state index contributed by atoms with van der Waals surface area (Å²) in [7, 11) is 0. The summed E-state index contributed by atoms with van der Waals surface area (Å²) in [5, 5.41) is 4.44. The fourth-order valence-corrected chi connectivity index (χ4v) is 4.89. The number of halogens is 1. The van der Waals surface area contributed by atoms with Crippen LogP contribution >= 0.6 is 11.6 Å². The van der Waals surface area contributed by atoms with E-state index in [-0.39, 0.29) is 18.1 Å². The van der Waals surface area contributed by atoms with Crippen LogP contribution < -0.4 is 0 Å². The number of piperidine rings is 1. The van der Waals surface area contributed by atoms with Crippen molar-refractivity contribution in [1.29, 1.82) is 0 Å². The van der Waals surface area contributed by atoms with Gasteiger partial charge in [-0.25, -0.2) is 4.79 Å². The molecule has 0 N–H and O–H groups in total. The van der Waals surface area contributed by atoms with Crippen LogP contribution in [-0.4, -0.2) is 41.1 Å². The molecule has 0 bridgehead atoms. The molecule has 0 unspecified atom stereocenters. The number of carbonyl (C=O) groups is 2. The fourth-order valence-electron chi connectivity index (χ4n) is 4.67. The minimum Gasteiger partial charge on any atom is -0.452 e. The van der Waals surface area contributed by atoms with Gasteiger partial charge in [-0.2, -0.15) is 0 Å². The molecule has 6 nitrogen and oxygen atoms in total. The second-order valence-corrected chi connectivity index (χ2v) is 8.27. The van der Waals surface area contributed by atoms with E-state index in [0.717, 1.165) is 25.8 Å². The highest BCUT2D eigenvalue weighted by atomic mass is 35.5. The lowest BCUT2D eigenvalue weighted by atomic mass is 9.78. The van der Waals surface area contributed by atoms with E-state index in [1.165, 1.54) is 19.3 Å². The highest BCUT2D eigenvalue weighted by Crippen LogP contribution is 2.35. The number of hydrogen-bond acceptors (Lipinski definition) is 5. The lowest BCUT2D eigenvalue weighted by Crippen LogP contribution is -2.50.